The van der Waals surface area contributed by atoms with E-state index in [9.17, 15) is 9.59 Å². The molecule has 2 bridgehead atoms. The molecule has 2 aliphatic rings. The highest BCUT2D eigenvalue weighted by Crippen LogP contribution is 2.51. The summed E-state index contributed by atoms with van der Waals surface area (Å²) in [7, 11) is 0. The quantitative estimate of drug-likeness (QED) is 0.117. The fourth-order valence-corrected chi connectivity index (χ4v) is 5.49. The van der Waals surface area contributed by atoms with Crippen molar-refractivity contribution in [2.75, 3.05) is 13.2 Å². The standard InChI is InChI=1S/C34H28Cl2O7/c35-23-15-25(29(37)11-13-39-19-21-7-3-1-4-8-21)31-27(17-23)33-42-32-26(16-24(36)18-28(32)34(41-31)43-33)30(38)12-14-40-20-22-9-5-2-6-10-22/h1-10,15-18,33-34H,11-14,19-20H2. The first-order valence-electron chi connectivity index (χ1n) is 13.9. The largest absolute Gasteiger partial charge is 0.459 e. The minimum Gasteiger partial charge on any atom is -0.459 e. The lowest BCUT2D eigenvalue weighted by atomic mass is 9.98. The lowest BCUT2D eigenvalue weighted by Crippen LogP contribution is -2.32. The predicted octanol–water partition coefficient (Wildman–Crippen LogP) is 8.07. The molecule has 2 atom stereocenters. The van der Waals surface area contributed by atoms with Gasteiger partial charge in [-0.1, -0.05) is 83.9 Å². The second-order valence-corrected chi connectivity index (χ2v) is 11.1. The van der Waals surface area contributed by atoms with Gasteiger partial charge in [0.25, 0.3) is 0 Å². The minimum atomic E-state index is -0.942. The predicted molar refractivity (Wildman–Crippen MR) is 161 cm³/mol. The second-order valence-electron chi connectivity index (χ2n) is 10.2. The zero-order valence-electron chi connectivity index (χ0n) is 23.1. The molecule has 0 fully saturated rings. The van der Waals surface area contributed by atoms with Gasteiger partial charge in [-0.3, -0.25) is 14.3 Å². The van der Waals surface area contributed by atoms with Gasteiger partial charge in [-0.2, -0.15) is 0 Å². The van der Waals surface area contributed by atoms with E-state index < -0.39 is 12.6 Å². The lowest BCUT2D eigenvalue weighted by molar-refractivity contribution is -0.227. The number of hydrogen-bond donors (Lipinski definition) is 0. The molecule has 43 heavy (non-hydrogen) atoms. The zero-order chi connectivity index (χ0) is 29.8. The van der Waals surface area contributed by atoms with Crippen molar-refractivity contribution in [2.45, 2.75) is 38.6 Å². The number of carbonyl (C=O) groups is 2. The van der Waals surface area contributed by atoms with E-state index in [1.165, 1.54) is 0 Å². The highest BCUT2D eigenvalue weighted by Gasteiger charge is 2.41. The van der Waals surface area contributed by atoms with Crippen LogP contribution < -0.4 is 9.47 Å². The molecule has 0 saturated heterocycles. The van der Waals surface area contributed by atoms with E-state index in [0.29, 0.717) is 57.0 Å². The van der Waals surface area contributed by atoms with Crippen LogP contribution in [0.4, 0.5) is 0 Å². The van der Waals surface area contributed by atoms with E-state index in [4.69, 9.17) is 46.9 Å². The molecule has 7 nitrogen and oxygen atoms in total. The Morgan fingerprint density at radius 2 is 1.05 bits per heavy atom. The van der Waals surface area contributed by atoms with Gasteiger partial charge in [0.05, 0.1) is 48.7 Å². The SMILES string of the molecule is O=C(CCOCc1ccccc1)c1cc(Cl)cc2c1OC1OC2Oc2c(C(=O)CCOCc3ccccc3)cc(Cl)cc21. The summed E-state index contributed by atoms with van der Waals surface area (Å²) in [6, 6.07) is 25.9. The molecule has 2 unspecified atom stereocenters. The molecule has 0 spiro atoms. The molecule has 2 aliphatic heterocycles. The molecule has 0 saturated carbocycles. The van der Waals surface area contributed by atoms with Crippen molar-refractivity contribution in [3.8, 4) is 11.5 Å². The molecule has 6 rings (SSSR count). The Balaban J connectivity index is 1.16. The van der Waals surface area contributed by atoms with Gasteiger partial charge < -0.3 is 18.9 Å². The van der Waals surface area contributed by atoms with E-state index in [2.05, 4.69) is 0 Å². The van der Waals surface area contributed by atoms with Crippen molar-refractivity contribution in [3.05, 3.63) is 128 Å². The van der Waals surface area contributed by atoms with Gasteiger partial charge in [-0.15, -0.1) is 0 Å². The van der Waals surface area contributed by atoms with Crippen molar-refractivity contribution in [1.82, 2.24) is 0 Å². The maximum absolute atomic E-state index is 13.3. The van der Waals surface area contributed by atoms with Gasteiger partial charge in [0, 0.05) is 22.9 Å². The number of rotatable bonds is 12. The molecule has 0 aliphatic carbocycles. The zero-order valence-corrected chi connectivity index (χ0v) is 24.6. The average Bonchev–Trinajstić information content (AvgIpc) is 3.02. The van der Waals surface area contributed by atoms with Crippen LogP contribution in [0.5, 0.6) is 11.5 Å². The lowest BCUT2D eigenvalue weighted by Gasteiger charge is -2.39. The first-order valence-corrected chi connectivity index (χ1v) is 14.7. The topological polar surface area (TPSA) is 80.3 Å². The van der Waals surface area contributed by atoms with Crippen molar-refractivity contribution in [2.24, 2.45) is 0 Å². The second kappa shape index (κ2) is 13.3. The van der Waals surface area contributed by atoms with Crippen molar-refractivity contribution < 1.29 is 33.3 Å². The highest BCUT2D eigenvalue weighted by atomic mass is 35.5. The highest BCUT2D eigenvalue weighted by molar-refractivity contribution is 6.31. The molecule has 4 aromatic carbocycles. The van der Waals surface area contributed by atoms with Crippen LogP contribution in [0.3, 0.4) is 0 Å². The van der Waals surface area contributed by atoms with Crippen LogP contribution in [0, 0.1) is 0 Å². The fourth-order valence-electron chi connectivity index (χ4n) is 5.04. The summed E-state index contributed by atoms with van der Waals surface area (Å²) >= 11 is 12.9. The van der Waals surface area contributed by atoms with E-state index in [-0.39, 0.29) is 37.6 Å². The fraction of sp³-hybridized carbons (Fsp3) is 0.235. The van der Waals surface area contributed by atoms with Crippen LogP contribution in [0.1, 0.15) is 68.4 Å². The Morgan fingerprint density at radius 1 is 0.628 bits per heavy atom. The molecular formula is C34H28Cl2O7. The molecule has 4 aromatic rings. The van der Waals surface area contributed by atoms with Gasteiger partial charge in [-0.25, -0.2) is 0 Å². The number of ether oxygens (including phenoxy) is 5. The number of Topliss-reactive ketones (excluding diaryl/α,β-unsaturated/α-hetero) is 2. The summed E-state index contributed by atoms with van der Waals surface area (Å²) < 4.78 is 29.9. The molecule has 0 radical (unpaired) electrons. The molecule has 9 heteroatoms. The maximum atomic E-state index is 13.3. The Hall–Kier alpha value is -3.72. The first kappa shape index (κ1) is 29.4. The van der Waals surface area contributed by atoms with Crippen LogP contribution in [0.15, 0.2) is 84.9 Å². The summed E-state index contributed by atoms with van der Waals surface area (Å²) in [5.74, 6) is 0.270. The number of ketones is 2. The van der Waals surface area contributed by atoms with Crippen LogP contribution in [-0.4, -0.2) is 24.8 Å². The maximum Gasteiger partial charge on any atom is 0.234 e. The van der Waals surface area contributed by atoms with Crippen LogP contribution in [0.2, 0.25) is 10.0 Å². The summed E-state index contributed by atoms with van der Waals surface area (Å²) in [6.07, 6.45) is -1.62. The van der Waals surface area contributed by atoms with Crippen molar-refractivity contribution >= 4 is 34.8 Å². The van der Waals surface area contributed by atoms with Crippen LogP contribution in [0.25, 0.3) is 0 Å². The molecule has 0 N–H and O–H groups in total. The van der Waals surface area contributed by atoms with Gasteiger partial charge in [0.1, 0.15) is 11.5 Å². The number of benzene rings is 4. The Bertz CT molecular complexity index is 1500. The number of halogens is 2. The van der Waals surface area contributed by atoms with E-state index >= 15 is 0 Å². The molecule has 2 heterocycles. The normalized spacial score (nSPS) is 16.4. The Kier molecular flexibility index (Phi) is 9.07. The summed E-state index contributed by atoms with van der Waals surface area (Å²) in [5, 5.41) is 0.658. The third-order valence-corrected chi connectivity index (χ3v) is 7.58. The number of carbonyl (C=O) groups excluding carboxylic acids is 2. The van der Waals surface area contributed by atoms with E-state index in [1.54, 1.807) is 24.3 Å². The molecule has 220 valence electrons. The Morgan fingerprint density at radius 3 is 1.47 bits per heavy atom. The van der Waals surface area contributed by atoms with Gasteiger partial charge in [0.2, 0.25) is 12.6 Å². The molecule has 0 aromatic heterocycles. The third kappa shape index (κ3) is 6.77. The first-order chi connectivity index (χ1) is 21.0. The van der Waals surface area contributed by atoms with Crippen molar-refractivity contribution in [3.63, 3.8) is 0 Å². The van der Waals surface area contributed by atoms with E-state index in [1.807, 2.05) is 60.7 Å². The molecular weight excluding hydrogens is 591 g/mol. The van der Waals surface area contributed by atoms with Gasteiger partial charge in [0.15, 0.2) is 11.6 Å². The summed E-state index contributed by atoms with van der Waals surface area (Å²) in [4.78, 5) is 26.6. The average molecular weight is 619 g/mol. The van der Waals surface area contributed by atoms with Gasteiger partial charge in [-0.05, 0) is 35.4 Å². The van der Waals surface area contributed by atoms with Crippen LogP contribution in [-0.2, 0) is 27.4 Å². The van der Waals surface area contributed by atoms with Gasteiger partial charge >= 0.3 is 0 Å². The van der Waals surface area contributed by atoms with Crippen molar-refractivity contribution in [1.29, 1.82) is 0 Å². The monoisotopic (exact) mass is 618 g/mol. The van der Waals surface area contributed by atoms with Crippen LogP contribution >= 0.6 is 23.2 Å². The van der Waals surface area contributed by atoms with E-state index in [0.717, 1.165) is 11.1 Å². The molecule has 0 amide bonds. The Labute approximate surface area is 259 Å². The number of hydrogen-bond acceptors (Lipinski definition) is 7. The third-order valence-electron chi connectivity index (χ3n) is 7.14. The smallest absolute Gasteiger partial charge is 0.234 e. The minimum absolute atomic E-state index is 0.132. The summed E-state index contributed by atoms with van der Waals surface area (Å²) in [5.41, 5.74) is 3.59. The summed E-state index contributed by atoms with van der Waals surface area (Å²) in [6.45, 7) is 1.27. The number of fused-ring (bicyclic) bond motifs is 6.